The van der Waals surface area contributed by atoms with Crippen molar-refractivity contribution in [2.24, 2.45) is 0 Å². The van der Waals surface area contributed by atoms with Gasteiger partial charge in [-0.2, -0.15) is 0 Å². The van der Waals surface area contributed by atoms with Gasteiger partial charge < -0.3 is 14.8 Å². The molecular formula is C22H29NO2. The van der Waals surface area contributed by atoms with Gasteiger partial charge in [0.2, 0.25) is 0 Å². The summed E-state index contributed by atoms with van der Waals surface area (Å²) in [7, 11) is 3.36. The summed E-state index contributed by atoms with van der Waals surface area (Å²) in [5, 5.41) is 3.74. The topological polar surface area (TPSA) is 30.5 Å². The third kappa shape index (κ3) is 4.76. The Labute approximate surface area is 151 Å². The second kappa shape index (κ2) is 8.91. The molecule has 25 heavy (non-hydrogen) atoms. The zero-order valence-electron chi connectivity index (χ0n) is 15.3. The molecule has 1 aliphatic carbocycles. The minimum Gasteiger partial charge on any atom is -0.493 e. The van der Waals surface area contributed by atoms with E-state index in [1.807, 2.05) is 6.07 Å². The molecule has 3 heteroatoms. The number of hydrogen-bond acceptors (Lipinski definition) is 3. The molecule has 0 atom stereocenters. The number of methoxy groups -OCH3 is 2. The summed E-state index contributed by atoms with van der Waals surface area (Å²) in [6.07, 6.45) is 6.13. The lowest BCUT2D eigenvalue weighted by molar-refractivity contribution is 0.344. The van der Waals surface area contributed by atoms with Gasteiger partial charge in [-0.1, -0.05) is 36.4 Å². The fourth-order valence-electron chi connectivity index (χ4n) is 3.81. The Kier molecular flexibility index (Phi) is 6.35. The molecule has 1 N–H and O–H groups in total. The van der Waals surface area contributed by atoms with E-state index in [-0.39, 0.29) is 0 Å². The second-order valence-electron chi connectivity index (χ2n) is 6.85. The Hall–Kier alpha value is -2.00. The molecular weight excluding hydrogens is 310 g/mol. The predicted molar refractivity (Wildman–Crippen MR) is 103 cm³/mol. The Morgan fingerprint density at radius 2 is 1.60 bits per heavy atom. The number of ether oxygens (including phenoxy) is 2. The van der Waals surface area contributed by atoms with Gasteiger partial charge >= 0.3 is 0 Å². The number of hydrogen-bond donors (Lipinski definition) is 1. The molecule has 3 rings (SSSR count). The van der Waals surface area contributed by atoms with Crippen LogP contribution in [0, 0.1) is 0 Å². The summed E-state index contributed by atoms with van der Waals surface area (Å²) in [5.41, 5.74) is 2.79. The average molecular weight is 339 g/mol. The van der Waals surface area contributed by atoms with E-state index in [4.69, 9.17) is 9.47 Å². The highest BCUT2D eigenvalue weighted by Crippen LogP contribution is 2.32. The van der Waals surface area contributed by atoms with Crippen LogP contribution in [0.25, 0.3) is 0 Å². The molecule has 0 amide bonds. The van der Waals surface area contributed by atoms with E-state index in [1.54, 1.807) is 14.2 Å². The lowest BCUT2D eigenvalue weighted by Gasteiger charge is -2.29. The molecule has 1 aliphatic rings. The van der Waals surface area contributed by atoms with Crippen molar-refractivity contribution in [3.05, 3.63) is 59.7 Å². The molecule has 0 bridgehead atoms. The Morgan fingerprint density at radius 3 is 2.28 bits per heavy atom. The number of nitrogens with one attached hydrogen (secondary N) is 1. The molecule has 0 saturated heterocycles. The van der Waals surface area contributed by atoms with Crippen molar-refractivity contribution < 1.29 is 9.47 Å². The van der Waals surface area contributed by atoms with Crippen LogP contribution in [0.1, 0.15) is 42.7 Å². The summed E-state index contributed by atoms with van der Waals surface area (Å²) in [6.45, 7) is 1.01. The Morgan fingerprint density at radius 1 is 0.880 bits per heavy atom. The first kappa shape index (κ1) is 17.8. The average Bonchev–Trinajstić information content (AvgIpc) is 2.69. The van der Waals surface area contributed by atoms with Gasteiger partial charge in [-0.3, -0.25) is 0 Å². The smallest absolute Gasteiger partial charge is 0.160 e. The molecule has 0 aromatic heterocycles. The van der Waals surface area contributed by atoms with E-state index in [2.05, 4.69) is 47.8 Å². The van der Waals surface area contributed by atoms with Crippen molar-refractivity contribution in [2.75, 3.05) is 20.8 Å². The summed E-state index contributed by atoms with van der Waals surface area (Å²) < 4.78 is 10.7. The van der Waals surface area contributed by atoms with Crippen LogP contribution in [-0.4, -0.2) is 26.8 Å². The van der Waals surface area contributed by atoms with Crippen molar-refractivity contribution in [3.63, 3.8) is 0 Å². The zero-order valence-corrected chi connectivity index (χ0v) is 15.3. The van der Waals surface area contributed by atoms with Gasteiger partial charge in [-0.15, -0.1) is 0 Å². The number of rotatable bonds is 7. The lowest BCUT2D eigenvalue weighted by Crippen LogP contribution is -2.34. The maximum atomic E-state index is 5.38. The maximum Gasteiger partial charge on any atom is 0.160 e. The van der Waals surface area contributed by atoms with Crippen LogP contribution in [0.4, 0.5) is 0 Å². The molecule has 2 aromatic rings. The molecule has 0 aliphatic heterocycles. The summed E-state index contributed by atoms with van der Waals surface area (Å²) in [6, 6.07) is 17.8. The first-order valence-electron chi connectivity index (χ1n) is 9.29. The van der Waals surface area contributed by atoms with Crippen LogP contribution < -0.4 is 14.8 Å². The monoisotopic (exact) mass is 339 g/mol. The minimum atomic E-state index is 0.653. The van der Waals surface area contributed by atoms with E-state index in [1.165, 1.54) is 36.8 Å². The zero-order chi connectivity index (χ0) is 17.5. The third-order valence-electron chi connectivity index (χ3n) is 5.29. The van der Waals surface area contributed by atoms with E-state index in [0.29, 0.717) is 6.04 Å². The van der Waals surface area contributed by atoms with Gasteiger partial charge in [0.25, 0.3) is 0 Å². The maximum absolute atomic E-state index is 5.38. The Balaban J connectivity index is 1.43. The van der Waals surface area contributed by atoms with Crippen molar-refractivity contribution >= 4 is 0 Å². The predicted octanol–water partition coefficient (Wildman–Crippen LogP) is 4.56. The van der Waals surface area contributed by atoms with Gasteiger partial charge in [-0.25, -0.2) is 0 Å². The highest BCUT2D eigenvalue weighted by atomic mass is 16.5. The standard InChI is InChI=1S/C22H29NO2/c1-24-21-13-8-17(16-22(21)25-2)14-15-23-20-11-9-19(10-12-20)18-6-4-3-5-7-18/h3-8,13,16,19-20,23H,9-12,14-15H2,1-2H3. The second-order valence-corrected chi connectivity index (χ2v) is 6.85. The van der Waals surface area contributed by atoms with Crippen LogP contribution in [0.5, 0.6) is 11.5 Å². The van der Waals surface area contributed by atoms with E-state index < -0.39 is 0 Å². The third-order valence-corrected chi connectivity index (χ3v) is 5.29. The van der Waals surface area contributed by atoms with Crippen molar-refractivity contribution in [2.45, 2.75) is 44.1 Å². The molecule has 3 nitrogen and oxygen atoms in total. The van der Waals surface area contributed by atoms with E-state index in [0.717, 1.165) is 30.4 Å². The van der Waals surface area contributed by atoms with Crippen molar-refractivity contribution in [3.8, 4) is 11.5 Å². The van der Waals surface area contributed by atoms with Gasteiger partial charge in [0.05, 0.1) is 14.2 Å². The van der Waals surface area contributed by atoms with Gasteiger partial charge in [0.1, 0.15) is 0 Å². The van der Waals surface area contributed by atoms with Crippen molar-refractivity contribution in [1.29, 1.82) is 0 Å². The molecule has 1 fully saturated rings. The van der Waals surface area contributed by atoms with Crippen LogP contribution in [0.2, 0.25) is 0 Å². The molecule has 2 aromatic carbocycles. The van der Waals surface area contributed by atoms with Crippen molar-refractivity contribution in [1.82, 2.24) is 5.32 Å². The lowest BCUT2D eigenvalue weighted by atomic mass is 9.82. The minimum absolute atomic E-state index is 0.653. The van der Waals surface area contributed by atoms with Crippen LogP contribution >= 0.6 is 0 Å². The fourth-order valence-corrected chi connectivity index (χ4v) is 3.81. The summed E-state index contributed by atoms with van der Waals surface area (Å²) >= 11 is 0. The highest BCUT2D eigenvalue weighted by molar-refractivity contribution is 5.42. The normalized spacial score (nSPS) is 20.2. The first-order chi connectivity index (χ1) is 12.3. The summed E-state index contributed by atoms with van der Waals surface area (Å²) in [5.74, 6) is 2.34. The first-order valence-corrected chi connectivity index (χ1v) is 9.29. The molecule has 0 spiro atoms. The highest BCUT2D eigenvalue weighted by Gasteiger charge is 2.21. The molecule has 0 unspecified atom stereocenters. The molecule has 134 valence electrons. The SMILES string of the molecule is COc1ccc(CCNC2CCC(c3ccccc3)CC2)cc1OC. The molecule has 1 saturated carbocycles. The van der Waals surface area contributed by atoms with Crippen LogP contribution in [0.3, 0.4) is 0 Å². The van der Waals surface area contributed by atoms with Gasteiger partial charge in [-0.05, 0) is 67.8 Å². The van der Waals surface area contributed by atoms with Crippen LogP contribution in [-0.2, 0) is 6.42 Å². The number of benzene rings is 2. The summed E-state index contributed by atoms with van der Waals surface area (Å²) in [4.78, 5) is 0. The Bertz CT molecular complexity index is 648. The van der Waals surface area contributed by atoms with Gasteiger partial charge in [0, 0.05) is 6.04 Å². The fraction of sp³-hybridized carbons (Fsp3) is 0.455. The quantitative estimate of drug-likeness (QED) is 0.802. The molecule has 0 heterocycles. The largest absolute Gasteiger partial charge is 0.493 e. The van der Waals surface area contributed by atoms with Crippen LogP contribution in [0.15, 0.2) is 48.5 Å². The molecule has 0 radical (unpaired) electrons. The van der Waals surface area contributed by atoms with E-state index in [9.17, 15) is 0 Å². The van der Waals surface area contributed by atoms with E-state index >= 15 is 0 Å². The van der Waals surface area contributed by atoms with Gasteiger partial charge in [0.15, 0.2) is 11.5 Å².